The Hall–Kier alpha value is -2.12. The molecule has 7 heteroatoms. The Morgan fingerprint density at radius 1 is 1.10 bits per heavy atom. The minimum Gasteiger partial charge on any atom is -0.465 e. The van der Waals surface area contributed by atoms with Gasteiger partial charge in [-0.25, -0.2) is 9.59 Å². The second kappa shape index (κ2) is 10.6. The molecule has 1 N–H and O–H groups in total. The number of hydrogen-bond donors (Lipinski definition) is 1. The molecule has 2 aliphatic rings. The first kappa shape index (κ1) is 21.6. The van der Waals surface area contributed by atoms with Crippen molar-refractivity contribution in [1.29, 1.82) is 0 Å². The highest BCUT2D eigenvalue weighted by molar-refractivity contribution is 5.92. The fourth-order valence-electron chi connectivity index (χ4n) is 4.56. The Kier molecular flexibility index (Phi) is 7.89. The Labute approximate surface area is 173 Å². The smallest absolute Gasteiger partial charge is 0.337 e. The number of nitrogens with one attached hydrogen (secondary N) is 1. The molecule has 160 valence electrons. The van der Waals surface area contributed by atoms with E-state index in [1.807, 2.05) is 4.90 Å². The van der Waals surface area contributed by atoms with E-state index in [0.717, 1.165) is 6.54 Å². The number of methoxy groups -OCH3 is 2. The van der Waals surface area contributed by atoms with Crippen LogP contribution in [0, 0.1) is 5.92 Å². The minimum atomic E-state index is -0.390. The Balaban J connectivity index is 1.64. The van der Waals surface area contributed by atoms with Crippen molar-refractivity contribution in [2.45, 2.75) is 38.1 Å². The van der Waals surface area contributed by atoms with E-state index in [2.05, 4.69) is 10.2 Å². The summed E-state index contributed by atoms with van der Waals surface area (Å²) in [4.78, 5) is 29.1. The number of anilines is 1. The highest BCUT2D eigenvalue weighted by Gasteiger charge is 2.34. The number of esters is 1. The van der Waals surface area contributed by atoms with Crippen molar-refractivity contribution in [2.75, 3.05) is 52.3 Å². The van der Waals surface area contributed by atoms with Crippen molar-refractivity contribution in [3.63, 3.8) is 0 Å². The lowest BCUT2D eigenvalue weighted by atomic mass is 9.83. The number of benzene rings is 1. The van der Waals surface area contributed by atoms with E-state index < -0.39 is 0 Å². The molecule has 1 aromatic carbocycles. The third-order valence-corrected chi connectivity index (χ3v) is 6.09. The first-order valence-electron chi connectivity index (χ1n) is 10.6. The number of ether oxygens (including phenoxy) is 2. The third-order valence-electron chi connectivity index (χ3n) is 6.09. The van der Waals surface area contributed by atoms with Gasteiger partial charge < -0.3 is 24.6 Å². The zero-order chi connectivity index (χ0) is 20.6. The predicted molar refractivity (Wildman–Crippen MR) is 112 cm³/mol. The van der Waals surface area contributed by atoms with Gasteiger partial charge >= 0.3 is 12.0 Å². The number of carbonyl (C=O) groups is 2. The van der Waals surface area contributed by atoms with Gasteiger partial charge in [0, 0.05) is 31.9 Å². The lowest BCUT2D eigenvalue weighted by Crippen LogP contribution is -2.52. The van der Waals surface area contributed by atoms with Crippen molar-refractivity contribution in [3.05, 3.63) is 29.8 Å². The lowest BCUT2D eigenvalue weighted by Gasteiger charge is -2.45. The summed E-state index contributed by atoms with van der Waals surface area (Å²) in [6, 6.07) is 7.23. The molecule has 2 atom stereocenters. The van der Waals surface area contributed by atoms with E-state index in [0.29, 0.717) is 36.4 Å². The SMILES string of the molecule is COCCN(CC1CCCN2CCCCC12)C(=O)Nc1ccc(C(=O)OC)cc1. The van der Waals surface area contributed by atoms with Crippen LogP contribution in [0.4, 0.5) is 10.5 Å². The highest BCUT2D eigenvalue weighted by atomic mass is 16.5. The minimum absolute atomic E-state index is 0.124. The van der Waals surface area contributed by atoms with Crippen LogP contribution in [0.15, 0.2) is 24.3 Å². The van der Waals surface area contributed by atoms with Gasteiger partial charge in [-0.3, -0.25) is 0 Å². The van der Waals surface area contributed by atoms with Crippen LogP contribution in [0.25, 0.3) is 0 Å². The van der Waals surface area contributed by atoms with Crippen LogP contribution in [0.1, 0.15) is 42.5 Å². The van der Waals surface area contributed by atoms with Crippen LogP contribution in [0.2, 0.25) is 0 Å². The molecule has 2 heterocycles. The average Bonchev–Trinajstić information content (AvgIpc) is 2.76. The Morgan fingerprint density at radius 3 is 2.59 bits per heavy atom. The maximum Gasteiger partial charge on any atom is 0.337 e. The van der Waals surface area contributed by atoms with Crippen LogP contribution >= 0.6 is 0 Å². The number of amides is 2. The fraction of sp³-hybridized carbons (Fsp3) is 0.636. The van der Waals surface area contributed by atoms with Gasteiger partial charge in [-0.15, -0.1) is 0 Å². The molecule has 2 amide bonds. The molecule has 29 heavy (non-hydrogen) atoms. The zero-order valence-corrected chi connectivity index (χ0v) is 17.6. The molecule has 0 saturated carbocycles. The summed E-state index contributed by atoms with van der Waals surface area (Å²) in [5.41, 5.74) is 1.12. The van der Waals surface area contributed by atoms with Gasteiger partial charge in [0.25, 0.3) is 0 Å². The van der Waals surface area contributed by atoms with Gasteiger partial charge in [-0.1, -0.05) is 6.42 Å². The first-order chi connectivity index (χ1) is 14.1. The zero-order valence-electron chi connectivity index (χ0n) is 17.6. The summed E-state index contributed by atoms with van der Waals surface area (Å²) in [6.07, 6.45) is 6.19. The average molecular weight is 404 g/mol. The van der Waals surface area contributed by atoms with Gasteiger partial charge in [0.05, 0.1) is 19.3 Å². The fourth-order valence-corrected chi connectivity index (χ4v) is 4.56. The third kappa shape index (κ3) is 5.70. The standard InChI is InChI=1S/C22H33N3O4/c1-28-15-14-25(16-18-6-5-13-24-12-4-3-7-20(18)24)22(27)23-19-10-8-17(9-11-19)21(26)29-2/h8-11,18,20H,3-7,12-16H2,1-2H3,(H,23,27). The van der Waals surface area contributed by atoms with E-state index in [-0.39, 0.29) is 12.0 Å². The number of rotatable bonds is 7. The number of fused-ring (bicyclic) bond motifs is 1. The van der Waals surface area contributed by atoms with Gasteiger partial charge in [-0.05, 0) is 69.0 Å². The molecule has 7 nitrogen and oxygen atoms in total. The van der Waals surface area contributed by atoms with Crippen molar-refractivity contribution < 1.29 is 19.1 Å². The summed E-state index contributed by atoms with van der Waals surface area (Å²) >= 11 is 0. The molecule has 0 aromatic heterocycles. The van der Waals surface area contributed by atoms with Crippen molar-refractivity contribution in [3.8, 4) is 0 Å². The highest BCUT2D eigenvalue weighted by Crippen LogP contribution is 2.31. The second-order valence-electron chi connectivity index (χ2n) is 7.94. The van der Waals surface area contributed by atoms with Crippen LogP contribution in [0.5, 0.6) is 0 Å². The second-order valence-corrected chi connectivity index (χ2v) is 7.94. The molecule has 0 radical (unpaired) electrons. The Bertz CT molecular complexity index is 677. The normalized spacial score (nSPS) is 21.9. The number of carbonyl (C=O) groups excluding carboxylic acids is 2. The monoisotopic (exact) mass is 403 g/mol. The molecule has 1 aromatic rings. The lowest BCUT2D eigenvalue weighted by molar-refractivity contribution is 0.0433. The number of nitrogens with zero attached hydrogens (tertiary/aromatic N) is 2. The molecule has 2 aliphatic heterocycles. The van der Waals surface area contributed by atoms with Crippen LogP contribution in [0.3, 0.4) is 0 Å². The summed E-state index contributed by atoms with van der Waals surface area (Å²) < 4.78 is 9.95. The molecule has 0 bridgehead atoms. The summed E-state index contributed by atoms with van der Waals surface area (Å²) in [6.45, 7) is 4.20. The van der Waals surface area contributed by atoms with Crippen LogP contribution in [-0.2, 0) is 9.47 Å². The molecule has 3 rings (SSSR count). The van der Waals surface area contributed by atoms with Crippen LogP contribution < -0.4 is 5.32 Å². The molecule has 2 fully saturated rings. The van der Waals surface area contributed by atoms with E-state index in [4.69, 9.17) is 9.47 Å². The summed E-state index contributed by atoms with van der Waals surface area (Å²) in [5, 5.41) is 2.96. The first-order valence-corrected chi connectivity index (χ1v) is 10.6. The van der Waals surface area contributed by atoms with Crippen LogP contribution in [-0.4, -0.2) is 74.8 Å². The summed E-state index contributed by atoms with van der Waals surface area (Å²) in [5.74, 6) is 0.118. The van der Waals surface area contributed by atoms with E-state index in [1.54, 1.807) is 31.4 Å². The molecule has 0 spiro atoms. The molecule has 0 aliphatic carbocycles. The van der Waals surface area contributed by atoms with Gasteiger partial charge in [-0.2, -0.15) is 0 Å². The Morgan fingerprint density at radius 2 is 1.86 bits per heavy atom. The van der Waals surface area contributed by atoms with Gasteiger partial charge in [0.1, 0.15) is 0 Å². The van der Waals surface area contributed by atoms with Crippen molar-refractivity contribution in [2.24, 2.45) is 5.92 Å². The van der Waals surface area contributed by atoms with E-state index in [9.17, 15) is 9.59 Å². The number of piperidine rings is 2. The molecular formula is C22H33N3O4. The van der Waals surface area contributed by atoms with Gasteiger partial charge in [0.2, 0.25) is 0 Å². The van der Waals surface area contributed by atoms with Gasteiger partial charge in [0.15, 0.2) is 0 Å². The van der Waals surface area contributed by atoms with Crippen molar-refractivity contribution >= 4 is 17.7 Å². The molecule has 2 unspecified atom stereocenters. The van der Waals surface area contributed by atoms with Crippen molar-refractivity contribution in [1.82, 2.24) is 9.80 Å². The largest absolute Gasteiger partial charge is 0.465 e. The number of urea groups is 1. The quantitative estimate of drug-likeness (QED) is 0.708. The molecule has 2 saturated heterocycles. The topological polar surface area (TPSA) is 71.1 Å². The predicted octanol–water partition coefficient (Wildman–Crippen LogP) is 3.22. The summed E-state index contributed by atoms with van der Waals surface area (Å²) in [7, 11) is 3.01. The maximum absolute atomic E-state index is 13.0. The van der Waals surface area contributed by atoms with E-state index in [1.165, 1.54) is 52.3 Å². The number of hydrogen-bond acceptors (Lipinski definition) is 5. The van der Waals surface area contributed by atoms with E-state index >= 15 is 0 Å². The molecular weight excluding hydrogens is 370 g/mol. The maximum atomic E-state index is 13.0.